The predicted molar refractivity (Wildman–Crippen MR) is 74.7 cm³/mol. The van der Waals surface area contributed by atoms with Gasteiger partial charge in [-0.05, 0) is 36.6 Å². The molecule has 2 aromatic rings. The number of hydrogen-bond acceptors (Lipinski definition) is 2. The lowest BCUT2D eigenvalue weighted by Crippen LogP contribution is -2.03. The van der Waals surface area contributed by atoms with Gasteiger partial charge in [-0.3, -0.25) is 4.79 Å². The molecule has 2 nitrogen and oxygen atoms in total. The number of benzene rings is 2. The van der Waals surface area contributed by atoms with Crippen molar-refractivity contribution in [1.82, 2.24) is 0 Å². The molecule has 0 aliphatic heterocycles. The normalized spacial score (nSPS) is 10.3. The smallest absolute Gasteiger partial charge is 0.163 e. The van der Waals surface area contributed by atoms with Gasteiger partial charge in [0.05, 0.1) is 0 Å². The minimum Gasteiger partial charge on any atom is -0.399 e. The maximum Gasteiger partial charge on any atom is 0.163 e. The number of ketones is 1. The van der Waals surface area contributed by atoms with E-state index in [1.165, 1.54) is 0 Å². The van der Waals surface area contributed by atoms with E-state index in [1.54, 1.807) is 0 Å². The van der Waals surface area contributed by atoms with Crippen LogP contribution in [-0.4, -0.2) is 5.78 Å². The van der Waals surface area contributed by atoms with Crippen molar-refractivity contribution in [3.8, 4) is 0 Å². The first-order chi connectivity index (χ1) is 8.66. The van der Waals surface area contributed by atoms with Gasteiger partial charge < -0.3 is 5.73 Å². The number of carbonyl (C=O) groups is 1. The van der Waals surface area contributed by atoms with Crippen molar-refractivity contribution < 1.29 is 4.79 Å². The molecule has 18 heavy (non-hydrogen) atoms. The number of nitrogens with two attached hydrogens (primary N) is 1. The molecule has 0 radical (unpaired) electrons. The summed E-state index contributed by atoms with van der Waals surface area (Å²) in [6, 6.07) is 15.4. The maximum absolute atomic E-state index is 12.1. The summed E-state index contributed by atoms with van der Waals surface area (Å²) in [5.74, 6) is 0.190. The van der Waals surface area contributed by atoms with E-state index in [0.29, 0.717) is 6.42 Å². The fourth-order valence-electron chi connectivity index (χ4n) is 2.03. The zero-order chi connectivity index (χ0) is 13.0. The Morgan fingerprint density at radius 2 is 1.89 bits per heavy atom. The Morgan fingerprint density at radius 3 is 2.61 bits per heavy atom. The van der Waals surface area contributed by atoms with Gasteiger partial charge in [0.1, 0.15) is 0 Å². The van der Waals surface area contributed by atoms with E-state index in [2.05, 4.69) is 0 Å². The van der Waals surface area contributed by atoms with Crippen molar-refractivity contribution in [1.29, 1.82) is 0 Å². The Bertz CT molecular complexity index is 561. The van der Waals surface area contributed by atoms with Crippen molar-refractivity contribution in [2.24, 2.45) is 0 Å². The number of Topliss-reactive ketones (excluding diaryl/α,β-unsaturated/α-hetero) is 1. The molecule has 0 heterocycles. The third kappa shape index (κ3) is 2.98. The second kappa shape index (κ2) is 5.50. The van der Waals surface area contributed by atoms with Gasteiger partial charge >= 0.3 is 0 Å². The van der Waals surface area contributed by atoms with Crippen LogP contribution in [0.5, 0.6) is 0 Å². The van der Waals surface area contributed by atoms with E-state index in [1.807, 2.05) is 55.5 Å². The van der Waals surface area contributed by atoms with E-state index in [-0.39, 0.29) is 5.78 Å². The third-order valence-corrected chi connectivity index (χ3v) is 3.04. The number of carbonyl (C=O) groups excluding carboxylic acids is 1. The van der Waals surface area contributed by atoms with Crippen molar-refractivity contribution in [2.45, 2.75) is 19.8 Å². The van der Waals surface area contributed by atoms with E-state index in [0.717, 1.165) is 28.8 Å². The molecule has 0 spiro atoms. The molecule has 0 saturated heterocycles. The van der Waals surface area contributed by atoms with Gasteiger partial charge in [-0.1, -0.05) is 36.4 Å². The van der Waals surface area contributed by atoms with Gasteiger partial charge in [0.15, 0.2) is 5.78 Å². The van der Waals surface area contributed by atoms with E-state index < -0.39 is 0 Å². The molecule has 0 aliphatic carbocycles. The van der Waals surface area contributed by atoms with Gasteiger partial charge in [0.2, 0.25) is 0 Å². The molecule has 0 aliphatic rings. The summed E-state index contributed by atoms with van der Waals surface area (Å²) in [6.07, 6.45) is 1.26. The lowest BCUT2D eigenvalue weighted by molar-refractivity contribution is 0.0982. The van der Waals surface area contributed by atoms with Gasteiger partial charge in [-0.2, -0.15) is 0 Å². The van der Waals surface area contributed by atoms with Crippen LogP contribution in [0, 0.1) is 6.92 Å². The molecule has 0 amide bonds. The van der Waals surface area contributed by atoms with Crippen LogP contribution >= 0.6 is 0 Å². The second-order valence-corrected chi connectivity index (χ2v) is 4.48. The molecule has 0 bridgehead atoms. The van der Waals surface area contributed by atoms with Crippen molar-refractivity contribution >= 4 is 11.5 Å². The monoisotopic (exact) mass is 239 g/mol. The summed E-state index contributed by atoms with van der Waals surface area (Å²) in [4.78, 5) is 12.1. The molecule has 2 rings (SSSR count). The zero-order valence-electron chi connectivity index (χ0n) is 10.5. The highest BCUT2D eigenvalue weighted by atomic mass is 16.1. The fraction of sp³-hybridized carbons (Fsp3) is 0.188. The Labute approximate surface area is 107 Å². The molecular formula is C16H17NO. The summed E-state index contributed by atoms with van der Waals surface area (Å²) in [6.45, 7) is 1.97. The standard InChI is InChI=1S/C16H17NO/c1-12-5-2-3-8-15(12)16(18)10-9-13-6-4-7-14(17)11-13/h2-8,11H,9-10,17H2,1H3. The van der Waals surface area contributed by atoms with Crippen LogP contribution in [0.15, 0.2) is 48.5 Å². The lowest BCUT2D eigenvalue weighted by Gasteiger charge is -2.05. The highest BCUT2D eigenvalue weighted by Gasteiger charge is 2.08. The van der Waals surface area contributed by atoms with Gasteiger partial charge in [0, 0.05) is 17.7 Å². The molecule has 0 aromatic heterocycles. The van der Waals surface area contributed by atoms with Crippen molar-refractivity contribution in [2.75, 3.05) is 5.73 Å². The second-order valence-electron chi connectivity index (χ2n) is 4.48. The summed E-state index contributed by atoms with van der Waals surface area (Å²) in [7, 11) is 0. The van der Waals surface area contributed by atoms with Crippen LogP contribution in [0.1, 0.15) is 27.9 Å². The van der Waals surface area contributed by atoms with Crippen LogP contribution in [0.4, 0.5) is 5.69 Å². The Balaban J connectivity index is 2.03. The minimum absolute atomic E-state index is 0.190. The molecule has 2 heteroatoms. The number of rotatable bonds is 4. The SMILES string of the molecule is Cc1ccccc1C(=O)CCc1cccc(N)c1. The van der Waals surface area contributed by atoms with Crippen LogP contribution in [0.3, 0.4) is 0 Å². The molecule has 0 saturated carbocycles. The highest BCUT2D eigenvalue weighted by molar-refractivity contribution is 5.97. The van der Waals surface area contributed by atoms with E-state index in [4.69, 9.17) is 5.73 Å². The number of aryl methyl sites for hydroxylation is 2. The zero-order valence-corrected chi connectivity index (χ0v) is 10.5. The Morgan fingerprint density at radius 1 is 1.11 bits per heavy atom. The first-order valence-electron chi connectivity index (χ1n) is 6.10. The molecular weight excluding hydrogens is 222 g/mol. The number of hydrogen-bond donors (Lipinski definition) is 1. The summed E-state index contributed by atoms with van der Waals surface area (Å²) in [5, 5.41) is 0. The van der Waals surface area contributed by atoms with Crippen LogP contribution in [0.2, 0.25) is 0 Å². The lowest BCUT2D eigenvalue weighted by atomic mass is 9.99. The first-order valence-corrected chi connectivity index (χ1v) is 6.10. The summed E-state index contributed by atoms with van der Waals surface area (Å²) in [5.41, 5.74) is 9.43. The number of anilines is 1. The Kier molecular flexibility index (Phi) is 3.78. The van der Waals surface area contributed by atoms with Crippen molar-refractivity contribution in [3.05, 3.63) is 65.2 Å². The Hall–Kier alpha value is -2.09. The molecule has 92 valence electrons. The van der Waals surface area contributed by atoms with Crippen LogP contribution in [-0.2, 0) is 6.42 Å². The molecule has 0 unspecified atom stereocenters. The molecule has 2 aromatic carbocycles. The average Bonchev–Trinajstić information content (AvgIpc) is 2.37. The average molecular weight is 239 g/mol. The highest BCUT2D eigenvalue weighted by Crippen LogP contribution is 2.13. The first kappa shape index (κ1) is 12.4. The number of nitrogen functional groups attached to an aromatic ring is 1. The summed E-state index contributed by atoms with van der Waals surface area (Å²) >= 11 is 0. The van der Waals surface area contributed by atoms with Gasteiger partial charge in [-0.25, -0.2) is 0 Å². The van der Waals surface area contributed by atoms with E-state index in [9.17, 15) is 4.79 Å². The van der Waals surface area contributed by atoms with Crippen LogP contribution in [0.25, 0.3) is 0 Å². The van der Waals surface area contributed by atoms with Gasteiger partial charge in [0.25, 0.3) is 0 Å². The summed E-state index contributed by atoms with van der Waals surface area (Å²) < 4.78 is 0. The maximum atomic E-state index is 12.1. The van der Waals surface area contributed by atoms with Gasteiger partial charge in [-0.15, -0.1) is 0 Å². The third-order valence-electron chi connectivity index (χ3n) is 3.04. The van der Waals surface area contributed by atoms with Crippen molar-refractivity contribution in [3.63, 3.8) is 0 Å². The molecule has 0 atom stereocenters. The molecule has 0 fully saturated rings. The predicted octanol–water partition coefficient (Wildman–Crippen LogP) is 3.39. The topological polar surface area (TPSA) is 43.1 Å². The fourth-order valence-corrected chi connectivity index (χ4v) is 2.03. The molecule has 2 N–H and O–H groups in total. The van der Waals surface area contributed by atoms with E-state index >= 15 is 0 Å². The largest absolute Gasteiger partial charge is 0.399 e. The van der Waals surface area contributed by atoms with Crippen LogP contribution < -0.4 is 5.73 Å². The quantitative estimate of drug-likeness (QED) is 0.656. The minimum atomic E-state index is 0.190.